The topological polar surface area (TPSA) is 31.0 Å². The Morgan fingerprint density at radius 3 is 2.83 bits per heavy atom. The van der Waals surface area contributed by atoms with Crippen molar-refractivity contribution in [3.05, 3.63) is 53.5 Å². The number of hydrogen-bond donors (Lipinski definition) is 0. The van der Waals surface area contributed by atoms with Crippen molar-refractivity contribution < 1.29 is 4.42 Å². The molecule has 5 heteroatoms. The van der Waals surface area contributed by atoms with E-state index in [1.807, 2.05) is 47.0 Å². The first-order valence-corrected chi connectivity index (χ1v) is 6.86. The first-order chi connectivity index (χ1) is 8.84. The Morgan fingerprint density at radius 1 is 1.17 bits per heavy atom. The zero-order valence-corrected chi connectivity index (χ0v) is 11.1. The lowest BCUT2D eigenvalue weighted by atomic mass is 10.3. The second-order valence-electron chi connectivity index (χ2n) is 3.71. The largest absolute Gasteiger partial charge is 0.429 e. The zero-order valence-electron chi connectivity index (χ0n) is 9.45. The number of aromatic nitrogens is 2. The van der Waals surface area contributed by atoms with Crippen LogP contribution in [-0.4, -0.2) is 9.55 Å². The fourth-order valence-corrected chi connectivity index (χ4v) is 2.86. The Morgan fingerprint density at radius 2 is 2.00 bits per heavy atom. The van der Waals surface area contributed by atoms with Gasteiger partial charge in [-0.25, -0.2) is 4.98 Å². The van der Waals surface area contributed by atoms with E-state index in [-0.39, 0.29) is 0 Å². The summed E-state index contributed by atoms with van der Waals surface area (Å²) >= 11 is 6.86. The van der Waals surface area contributed by atoms with Gasteiger partial charge in [-0.2, -0.15) is 0 Å². The van der Waals surface area contributed by atoms with Crippen LogP contribution in [0.3, 0.4) is 0 Å². The third kappa shape index (κ3) is 2.19. The summed E-state index contributed by atoms with van der Waals surface area (Å²) in [5.41, 5.74) is 1.84. The van der Waals surface area contributed by atoms with Crippen LogP contribution in [-0.2, 0) is 5.88 Å². The molecular formula is C13H10N2OS2. The van der Waals surface area contributed by atoms with Gasteiger partial charge >= 0.3 is 0 Å². The maximum Gasteiger partial charge on any atom is 0.270 e. The van der Waals surface area contributed by atoms with Crippen molar-refractivity contribution >= 4 is 35.1 Å². The molecule has 0 spiro atoms. The number of hydrogen-bond acceptors (Lipinski definition) is 4. The summed E-state index contributed by atoms with van der Waals surface area (Å²) in [7, 11) is 0. The normalized spacial score (nSPS) is 10.9. The molecular weight excluding hydrogens is 264 g/mol. The predicted octanol–water partition coefficient (Wildman–Crippen LogP) is 4.11. The molecule has 0 saturated carbocycles. The third-order valence-electron chi connectivity index (χ3n) is 2.55. The fraction of sp³-hybridized carbons (Fsp3) is 0.0769. The van der Waals surface area contributed by atoms with Crippen molar-refractivity contribution in [3.63, 3.8) is 0 Å². The molecule has 3 rings (SSSR count). The Balaban J connectivity index is 1.91. The second kappa shape index (κ2) is 4.96. The Bertz CT molecular complexity index is 718. The molecule has 0 amide bonds. The summed E-state index contributed by atoms with van der Waals surface area (Å²) in [4.78, 5) is 4.77. The van der Waals surface area contributed by atoms with Gasteiger partial charge in [-0.15, -0.1) is 0 Å². The van der Waals surface area contributed by atoms with E-state index in [0.29, 0.717) is 10.7 Å². The molecule has 0 fully saturated rings. The van der Waals surface area contributed by atoms with Crippen molar-refractivity contribution in [2.75, 3.05) is 0 Å². The van der Waals surface area contributed by atoms with E-state index in [2.05, 4.69) is 4.98 Å². The smallest absolute Gasteiger partial charge is 0.270 e. The lowest BCUT2D eigenvalue weighted by Gasteiger charge is -2.02. The van der Waals surface area contributed by atoms with E-state index >= 15 is 0 Å². The molecule has 0 N–H and O–H groups in total. The van der Waals surface area contributed by atoms with Crippen LogP contribution in [0.4, 0.5) is 0 Å². The van der Waals surface area contributed by atoms with Gasteiger partial charge in [0.1, 0.15) is 0 Å². The highest BCUT2D eigenvalue weighted by Crippen LogP contribution is 2.22. The van der Waals surface area contributed by atoms with E-state index in [4.69, 9.17) is 16.6 Å². The molecule has 0 radical (unpaired) electrons. The quantitative estimate of drug-likeness (QED) is 0.531. The summed E-state index contributed by atoms with van der Waals surface area (Å²) in [5, 5.41) is 0.977. The molecule has 90 valence electrons. The minimum atomic E-state index is 0.500. The zero-order chi connectivity index (χ0) is 12.4. The van der Waals surface area contributed by atoms with E-state index in [1.165, 1.54) is 0 Å². The maximum absolute atomic E-state index is 5.53. The summed E-state index contributed by atoms with van der Waals surface area (Å²) in [6.45, 7) is 0. The standard InChI is InChI=1S/C13H10N2OS2/c17-13-15(9-18-12-7-3-4-8-14-12)10-5-1-2-6-11(10)16-13/h1-8H,9H2. The van der Waals surface area contributed by atoms with Crippen molar-refractivity contribution in [2.45, 2.75) is 10.9 Å². The van der Waals surface area contributed by atoms with Gasteiger partial charge in [0.05, 0.1) is 16.4 Å². The van der Waals surface area contributed by atoms with Gasteiger partial charge in [-0.3, -0.25) is 4.57 Å². The molecule has 3 nitrogen and oxygen atoms in total. The maximum atomic E-state index is 5.53. The molecule has 0 saturated heterocycles. The predicted molar refractivity (Wildman–Crippen MR) is 75.1 cm³/mol. The summed E-state index contributed by atoms with van der Waals surface area (Å²) < 4.78 is 7.51. The lowest BCUT2D eigenvalue weighted by molar-refractivity contribution is 0.557. The molecule has 0 aliphatic heterocycles. The first-order valence-electron chi connectivity index (χ1n) is 5.47. The van der Waals surface area contributed by atoms with E-state index in [0.717, 1.165) is 16.1 Å². The highest BCUT2D eigenvalue weighted by molar-refractivity contribution is 7.98. The van der Waals surface area contributed by atoms with E-state index < -0.39 is 0 Å². The third-order valence-corrected chi connectivity index (χ3v) is 3.78. The molecule has 0 unspecified atom stereocenters. The number of fused-ring (bicyclic) bond motifs is 1. The van der Waals surface area contributed by atoms with Crippen molar-refractivity contribution in [1.82, 2.24) is 9.55 Å². The minimum Gasteiger partial charge on any atom is -0.429 e. The number of oxazole rings is 1. The number of thioether (sulfide) groups is 1. The lowest BCUT2D eigenvalue weighted by Crippen LogP contribution is -1.94. The van der Waals surface area contributed by atoms with Crippen LogP contribution in [0.5, 0.6) is 0 Å². The summed E-state index contributed by atoms with van der Waals surface area (Å²) in [6, 6.07) is 13.7. The van der Waals surface area contributed by atoms with Gasteiger partial charge in [0.15, 0.2) is 5.58 Å². The molecule has 2 aromatic heterocycles. The Labute approximate surface area is 113 Å². The Hall–Kier alpha value is -1.59. The van der Waals surface area contributed by atoms with Gasteiger partial charge in [-0.1, -0.05) is 30.0 Å². The minimum absolute atomic E-state index is 0.500. The molecule has 18 heavy (non-hydrogen) atoms. The number of benzene rings is 1. The molecule has 0 aliphatic carbocycles. The first kappa shape index (κ1) is 11.5. The van der Waals surface area contributed by atoms with Crippen molar-refractivity contribution in [2.24, 2.45) is 0 Å². The average molecular weight is 274 g/mol. The van der Waals surface area contributed by atoms with Gasteiger partial charge in [0, 0.05) is 6.20 Å². The van der Waals surface area contributed by atoms with Crippen LogP contribution >= 0.6 is 24.0 Å². The highest BCUT2D eigenvalue weighted by Gasteiger charge is 2.06. The molecule has 0 atom stereocenters. The summed E-state index contributed by atoms with van der Waals surface area (Å²) in [6.07, 6.45) is 1.79. The van der Waals surface area contributed by atoms with Gasteiger partial charge in [-0.05, 0) is 36.5 Å². The average Bonchev–Trinajstić information content (AvgIpc) is 2.73. The number of rotatable bonds is 3. The summed E-state index contributed by atoms with van der Waals surface area (Å²) in [5.74, 6) is 0.701. The molecule has 1 aromatic carbocycles. The second-order valence-corrected chi connectivity index (χ2v) is 5.02. The van der Waals surface area contributed by atoms with Crippen LogP contribution < -0.4 is 0 Å². The molecule has 3 aromatic rings. The van der Waals surface area contributed by atoms with Crippen molar-refractivity contribution in [3.8, 4) is 0 Å². The van der Waals surface area contributed by atoms with Gasteiger partial charge in [0.25, 0.3) is 4.84 Å². The monoisotopic (exact) mass is 274 g/mol. The molecule has 2 heterocycles. The number of para-hydroxylation sites is 2. The van der Waals surface area contributed by atoms with Crippen LogP contribution in [0.25, 0.3) is 11.1 Å². The van der Waals surface area contributed by atoms with Crippen LogP contribution in [0.15, 0.2) is 58.1 Å². The van der Waals surface area contributed by atoms with Crippen LogP contribution in [0, 0.1) is 4.84 Å². The Kier molecular flexibility index (Phi) is 3.17. The van der Waals surface area contributed by atoms with E-state index in [9.17, 15) is 0 Å². The molecule has 0 aliphatic rings. The SMILES string of the molecule is S=c1oc2ccccc2n1CSc1ccccn1. The van der Waals surface area contributed by atoms with Crippen molar-refractivity contribution in [1.29, 1.82) is 0 Å². The van der Waals surface area contributed by atoms with Crippen LogP contribution in [0.2, 0.25) is 0 Å². The van der Waals surface area contributed by atoms with Crippen LogP contribution in [0.1, 0.15) is 0 Å². The molecule has 0 bridgehead atoms. The number of pyridine rings is 1. The fourth-order valence-electron chi connectivity index (χ4n) is 1.70. The van der Waals surface area contributed by atoms with E-state index in [1.54, 1.807) is 18.0 Å². The van der Waals surface area contributed by atoms with Gasteiger partial charge in [0.2, 0.25) is 0 Å². The van der Waals surface area contributed by atoms with Gasteiger partial charge < -0.3 is 4.42 Å². The highest BCUT2D eigenvalue weighted by atomic mass is 32.2. The number of nitrogens with zero attached hydrogens (tertiary/aromatic N) is 2.